The number of carbonyl (C=O) groups is 4. The monoisotopic (exact) mass is 480 g/mol. The molecule has 34 heavy (non-hydrogen) atoms. The number of non-ortho nitro benzene ring substituents is 1. The molecule has 0 fully saturated rings. The SMILES string of the molecule is CC(OC(=O)CN1C(=O)c2ccccc2C1=O)C(=O)Nc1nc(-c2cccc([N+](=O)[O-])c2)cs1. The molecule has 1 unspecified atom stereocenters. The van der Waals surface area contributed by atoms with E-state index < -0.39 is 41.3 Å². The molecule has 0 spiro atoms. The van der Waals surface area contributed by atoms with E-state index in [1.54, 1.807) is 23.6 Å². The number of aromatic nitrogens is 1. The predicted octanol–water partition coefficient (Wildman–Crippen LogP) is 2.88. The third kappa shape index (κ3) is 4.52. The van der Waals surface area contributed by atoms with Crippen LogP contribution in [-0.2, 0) is 14.3 Å². The number of esters is 1. The van der Waals surface area contributed by atoms with Crippen LogP contribution in [0.15, 0.2) is 53.9 Å². The number of nitrogens with one attached hydrogen (secondary N) is 1. The molecule has 0 saturated carbocycles. The van der Waals surface area contributed by atoms with Crippen molar-refractivity contribution in [1.82, 2.24) is 9.88 Å². The highest BCUT2D eigenvalue weighted by Gasteiger charge is 2.37. The van der Waals surface area contributed by atoms with Crippen LogP contribution in [0, 0.1) is 10.1 Å². The lowest BCUT2D eigenvalue weighted by atomic mass is 10.1. The van der Waals surface area contributed by atoms with Gasteiger partial charge in [-0.15, -0.1) is 11.3 Å². The summed E-state index contributed by atoms with van der Waals surface area (Å²) >= 11 is 1.09. The van der Waals surface area contributed by atoms with Crippen molar-refractivity contribution < 1.29 is 28.8 Å². The summed E-state index contributed by atoms with van der Waals surface area (Å²) in [6, 6.07) is 12.1. The van der Waals surface area contributed by atoms with Crippen LogP contribution in [-0.4, -0.2) is 51.1 Å². The smallest absolute Gasteiger partial charge is 0.326 e. The van der Waals surface area contributed by atoms with Gasteiger partial charge in [0, 0.05) is 23.1 Å². The number of nitrogens with zero attached hydrogens (tertiary/aromatic N) is 3. The van der Waals surface area contributed by atoms with Gasteiger partial charge in [-0.3, -0.25) is 39.5 Å². The standard InChI is InChI=1S/C22H16N4O7S/c1-12(33-18(27)10-25-20(29)15-7-2-3-8-16(15)21(25)30)19(28)24-22-23-17(11-34-22)13-5-4-6-14(9-13)26(31)32/h2-9,11-12H,10H2,1H3,(H,23,24,28). The van der Waals surface area contributed by atoms with Crippen LogP contribution in [0.4, 0.5) is 10.8 Å². The van der Waals surface area contributed by atoms with Crippen molar-refractivity contribution in [2.75, 3.05) is 11.9 Å². The minimum Gasteiger partial charge on any atom is -0.451 e. The molecule has 2 heterocycles. The van der Waals surface area contributed by atoms with Crippen LogP contribution < -0.4 is 5.32 Å². The second-order valence-corrected chi connectivity index (χ2v) is 8.07. The van der Waals surface area contributed by atoms with Gasteiger partial charge < -0.3 is 4.74 Å². The average molecular weight is 480 g/mol. The lowest BCUT2D eigenvalue weighted by Gasteiger charge is -2.16. The van der Waals surface area contributed by atoms with Gasteiger partial charge in [0.05, 0.1) is 21.7 Å². The maximum Gasteiger partial charge on any atom is 0.326 e. The molecule has 1 aliphatic heterocycles. The normalized spacial score (nSPS) is 13.4. The average Bonchev–Trinajstić information content (AvgIpc) is 3.38. The van der Waals surface area contributed by atoms with E-state index in [2.05, 4.69) is 10.3 Å². The van der Waals surface area contributed by atoms with Crippen LogP contribution in [0.3, 0.4) is 0 Å². The molecular formula is C22H16N4O7S. The lowest BCUT2D eigenvalue weighted by Crippen LogP contribution is -2.38. The number of anilines is 1. The number of benzene rings is 2. The van der Waals surface area contributed by atoms with E-state index >= 15 is 0 Å². The molecule has 11 nitrogen and oxygen atoms in total. The van der Waals surface area contributed by atoms with Crippen molar-refractivity contribution in [3.8, 4) is 11.3 Å². The summed E-state index contributed by atoms with van der Waals surface area (Å²) in [4.78, 5) is 64.8. The van der Waals surface area contributed by atoms with E-state index in [9.17, 15) is 29.3 Å². The van der Waals surface area contributed by atoms with Crippen LogP contribution in [0.5, 0.6) is 0 Å². The van der Waals surface area contributed by atoms with Crippen molar-refractivity contribution >= 4 is 45.8 Å². The van der Waals surface area contributed by atoms with Crippen molar-refractivity contribution in [3.05, 3.63) is 75.2 Å². The molecule has 4 rings (SSSR count). The van der Waals surface area contributed by atoms with E-state index in [4.69, 9.17) is 4.74 Å². The maximum absolute atomic E-state index is 12.4. The van der Waals surface area contributed by atoms with Gasteiger partial charge >= 0.3 is 5.97 Å². The molecule has 1 aliphatic rings. The topological polar surface area (TPSA) is 149 Å². The summed E-state index contributed by atoms with van der Waals surface area (Å²) in [5, 5.41) is 15.3. The lowest BCUT2D eigenvalue weighted by molar-refractivity contribution is -0.384. The molecule has 172 valence electrons. The summed E-state index contributed by atoms with van der Waals surface area (Å²) in [7, 11) is 0. The van der Waals surface area contributed by atoms with Gasteiger partial charge in [-0.2, -0.15) is 0 Å². The molecule has 1 atom stereocenters. The second-order valence-electron chi connectivity index (χ2n) is 7.21. The largest absolute Gasteiger partial charge is 0.451 e. The molecule has 0 radical (unpaired) electrons. The van der Waals surface area contributed by atoms with Gasteiger partial charge in [-0.1, -0.05) is 24.3 Å². The first-order valence-electron chi connectivity index (χ1n) is 9.90. The Kier molecular flexibility index (Phi) is 6.15. The zero-order chi connectivity index (χ0) is 24.4. The third-order valence-electron chi connectivity index (χ3n) is 4.93. The van der Waals surface area contributed by atoms with Crippen molar-refractivity contribution in [1.29, 1.82) is 0 Å². The van der Waals surface area contributed by atoms with Crippen LogP contribution in [0.2, 0.25) is 0 Å². The maximum atomic E-state index is 12.4. The number of amides is 3. The van der Waals surface area contributed by atoms with Gasteiger partial charge in [-0.05, 0) is 19.1 Å². The number of thiazole rings is 1. The molecule has 0 aliphatic carbocycles. The van der Waals surface area contributed by atoms with Gasteiger partial charge in [0.1, 0.15) is 6.54 Å². The van der Waals surface area contributed by atoms with Crippen molar-refractivity contribution in [2.24, 2.45) is 0 Å². The summed E-state index contributed by atoms with van der Waals surface area (Å²) in [5.41, 5.74) is 1.25. The second kappa shape index (κ2) is 9.19. The molecule has 1 N–H and O–H groups in total. The Hall–Kier alpha value is -4.45. The highest BCUT2D eigenvalue weighted by Crippen LogP contribution is 2.27. The first-order valence-corrected chi connectivity index (χ1v) is 10.8. The molecule has 2 aromatic carbocycles. The highest BCUT2D eigenvalue weighted by molar-refractivity contribution is 7.14. The highest BCUT2D eigenvalue weighted by atomic mass is 32.1. The minimum atomic E-state index is -1.23. The Balaban J connectivity index is 1.35. The number of rotatable bonds is 7. The number of carbonyl (C=O) groups excluding carboxylic acids is 4. The van der Waals surface area contributed by atoms with Crippen LogP contribution in [0.1, 0.15) is 27.6 Å². The van der Waals surface area contributed by atoms with E-state index in [0.717, 1.165) is 16.2 Å². The molecule has 0 bridgehead atoms. The van der Waals surface area contributed by atoms with Crippen LogP contribution in [0.25, 0.3) is 11.3 Å². The first-order chi connectivity index (χ1) is 16.2. The number of nitro groups is 1. The van der Waals surface area contributed by atoms with E-state index in [0.29, 0.717) is 11.3 Å². The van der Waals surface area contributed by atoms with Gasteiger partial charge in [-0.25, -0.2) is 4.98 Å². The van der Waals surface area contributed by atoms with Gasteiger partial charge in [0.15, 0.2) is 11.2 Å². The quantitative estimate of drug-likeness (QED) is 0.235. The Morgan fingerprint density at radius 2 is 1.82 bits per heavy atom. The van der Waals surface area contributed by atoms with Crippen molar-refractivity contribution in [3.63, 3.8) is 0 Å². The fourth-order valence-electron chi connectivity index (χ4n) is 3.25. The molecule has 3 aromatic rings. The van der Waals surface area contributed by atoms with Crippen molar-refractivity contribution in [2.45, 2.75) is 13.0 Å². The number of fused-ring (bicyclic) bond motifs is 1. The van der Waals surface area contributed by atoms with Gasteiger partial charge in [0.25, 0.3) is 23.4 Å². The van der Waals surface area contributed by atoms with E-state index in [1.165, 1.54) is 37.3 Å². The first kappa shape index (κ1) is 22.7. The molecule has 0 saturated heterocycles. The number of hydrogen-bond acceptors (Lipinski definition) is 9. The molecular weight excluding hydrogens is 464 g/mol. The summed E-state index contributed by atoms with van der Waals surface area (Å²) in [6.07, 6.45) is -1.23. The predicted molar refractivity (Wildman–Crippen MR) is 120 cm³/mol. The number of imide groups is 1. The Morgan fingerprint density at radius 1 is 1.15 bits per heavy atom. The minimum absolute atomic E-state index is 0.0883. The summed E-state index contributed by atoms with van der Waals surface area (Å²) < 4.78 is 5.08. The zero-order valence-corrected chi connectivity index (χ0v) is 18.4. The Labute approximate surface area is 196 Å². The fraction of sp³-hybridized carbons (Fsp3) is 0.136. The van der Waals surface area contributed by atoms with E-state index in [-0.39, 0.29) is 21.9 Å². The zero-order valence-electron chi connectivity index (χ0n) is 17.6. The van der Waals surface area contributed by atoms with Crippen LogP contribution >= 0.6 is 11.3 Å². The number of hydrogen-bond donors (Lipinski definition) is 1. The summed E-state index contributed by atoms with van der Waals surface area (Å²) in [5.74, 6) is -2.80. The molecule has 1 aromatic heterocycles. The fourth-order valence-corrected chi connectivity index (χ4v) is 3.97. The summed E-state index contributed by atoms with van der Waals surface area (Å²) in [6.45, 7) is 0.711. The van der Waals surface area contributed by atoms with E-state index in [1.807, 2.05) is 0 Å². The Bertz CT molecular complexity index is 1300. The van der Waals surface area contributed by atoms with Gasteiger partial charge in [0.2, 0.25) is 0 Å². The number of ether oxygens (including phenoxy) is 1. The number of nitro benzene ring substituents is 1. The molecule has 12 heteroatoms. The third-order valence-corrected chi connectivity index (χ3v) is 5.69. The Morgan fingerprint density at radius 3 is 2.47 bits per heavy atom. The molecule has 3 amide bonds.